The van der Waals surface area contributed by atoms with Crippen LogP contribution in [0.4, 0.5) is 0 Å². The summed E-state index contributed by atoms with van der Waals surface area (Å²) in [6, 6.07) is 7.96. The van der Waals surface area contributed by atoms with Gasteiger partial charge in [0, 0.05) is 17.2 Å². The van der Waals surface area contributed by atoms with Crippen molar-refractivity contribution >= 4 is 17.4 Å². The van der Waals surface area contributed by atoms with Crippen LogP contribution in [0.3, 0.4) is 0 Å². The molecule has 2 aromatic rings. The van der Waals surface area contributed by atoms with Crippen LogP contribution in [0.25, 0.3) is 0 Å². The van der Waals surface area contributed by atoms with E-state index in [0.29, 0.717) is 12.2 Å². The topological polar surface area (TPSA) is 43.1 Å². The van der Waals surface area contributed by atoms with E-state index in [9.17, 15) is 4.79 Å². The summed E-state index contributed by atoms with van der Waals surface area (Å²) in [6.45, 7) is 5.24. The molecule has 1 aromatic heterocycles. The average Bonchev–Trinajstić information content (AvgIpc) is 3.08. The fourth-order valence-corrected chi connectivity index (χ4v) is 2.56. The van der Waals surface area contributed by atoms with Crippen molar-refractivity contribution in [3.8, 4) is 0 Å². The first kappa shape index (κ1) is 23.4. The minimum Gasteiger partial charge on any atom is -0.462 e. The second-order valence-corrected chi connectivity index (χ2v) is 6.21. The molecule has 0 fully saturated rings. The summed E-state index contributed by atoms with van der Waals surface area (Å²) in [5.41, 5.74) is 1.30. The molecule has 0 radical (unpaired) electrons. The van der Waals surface area contributed by atoms with Crippen LogP contribution in [0.5, 0.6) is 0 Å². The third-order valence-corrected chi connectivity index (χ3v) is 4.03. The van der Waals surface area contributed by atoms with Crippen LogP contribution >= 0.6 is 11.6 Å². The molecule has 0 aliphatic rings. The van der Waals surface area contributed by atoms with Crippen molar-refractivity contribution in [2.24, 2.45) is 0 Å². The van der Waals surface area contributed by atoms with Gasteiger partial charge in [-0.05, 0) is 43.2 Å². The normalized spacial score (nSPS) is 10.5. The molecule has 0 saturated carbocycles. The Morgan fingerprint density at radius 1 is 1.19 bits per heavy atom. The number of Topliss-reactive ketones (excluding diaryl/α,β-unsaturated/α-hetero) is 1. The van der Waals surface area contributed by atoms with Gasteiger partial charge >= 0.3 is 51.4 Å². The molecule has 0 aliphatic heterocycles. The molecule has 1 aromatic carbocycles. The zero-order valence-corrected chi connectivity index (χ0v) is 19.0. The zero-order valence-electron chi connectivity index (χ0n) is 15.2. The number of oxazole rings is 1. The molecule has 26 heavy (non-hydrogen) atoms. The number of aromatic nitrogens is 1. The van der Waals surface area contributed by atoms with Gasteiger partial charge in [-0.1, -0.05) is 36.6 Å². The average molecular weight is 395 g/mol. The van der Waals surface area contributed by atoms with E-state index in [1.165, 1.54) is 11.6 Å². The summed E-state index contributed by atoms with van der Waals surface area (Å²) in [6.07, 6.45) is 13.7. The van der Waals surface area contributed by atoms with Gasteiger partial charge in [0.1, 0.15) is 0 Å². The van der Waals surface area contributed by atoms with E-state index in [1.54, 1.807) is 24.8 Å². The number of carbonyl (C=O) groups is 1. The summed E-state index contributed by atoms with van der Waals surface area (Å²) in [5.74, 6) is 0.675. The maximum Gasteiger partial charge on any atom is 1.00 e. The molecule has 5 heteroatoms. The summed E-state index contributed by atoms with van der Waals surface area (Å²) >= 11 is 5.87. The van der Waals surface area contributed by atoms with Crippen LogP contribution in [-0.2, 0) is 6.42 Å². The molecule has 0 spiro atoms. The van der Waals surface area contributed by atoms with E-state index in [4.69, 9.17) is 22.6 Å². The Labute approximate surface area is 203 Å². The number of halogens is 1. The predicted molar refractivity (Wildman–Crippen MR) is 100 cm³/mol. The number of benzene rings is 1. The van der Waals surface area contributed by atoms with Gasteiger partial charge in [-0.25, -0.2) is 6.08 Å². The van der Waals surface area contributed by atoms with Crippen molar-refractivity contribution in [3.05, 3.63) is 83.9 Å². The number of allylic oxidation sites excluding steroid dienone is 3. The van der Waals surface area contributed by atoms with Crippen LogP contribution in [0.15, 0.2) is 53.1 Å². The van der Waals surface area contributed by atoms with E-state index in [-0.39, 0.29) is 63.1 Å². The van der Waals surface area contributed by atoms with Gasteiger partial charge in [-0.2, -0.15) is 12.2 Å². The molecule has 0 amide bonds. The monoisotopic (exact) mass is 394 g/mol. The molecule has 0 unspecified atom stereocenters. The minimum absolute atomic E-state index is 0. The van der Waals surface area contributed by atoms with E-state index >= 15 is 0 Å². The van der Waals surface area contributed by atoms with Gasteiger partial charge in [0.2, 0.25) is 11.7 Å². The van der Waals surface area contributed by atoms with Gasteiger partial charge < -0.3 is 4.42 Å². The van der Waals surface area contributed by atoms with Crippen molar-refractivity contribution in [1.82, 2.24) is 4.98 Å². The first-order valence-electron chi connectivity index (χ1n) is 8.47. The first-order chi connectivity index (χ1) is 12.2. The van der Waals surface area contributed by atoms with Crippen molar-refractivity contribution < 1.29 is 60.6 Å². The minimum atomic E-state index is -0.0493. The quantitative estimate of drug-likeness (QED) is 0.193. The number of nitrogens with zero attached hydrogens (tertiary/aromatic N) is 1. The molecule has 0 saturated heterocycles. The van der Waals surface area contributed by atoms with Crippen LogP contribution in [0.1, 0.15) is 54.1 Å². The maximum atomic E-state index is 12.0. The fourth-order valence-electron chi connectivity index (χ4n) is 2.43. The van der Waals surface area contributed by atoms with Gasteiger partial charge in [-0.15, -0.1) is 6.42 Å². The first-order valence-corrected chi connectivity index (χ1v) is 8.85. The smallest absolute Gasteiger partial charge is 0.462 e. The molecule has 3 nitrogen and oxygen atoms in total. The molecule has 0 aliphatic carbocycles. The van der Waals surface area contributed by atoms with Crippen LogP contribution < -0.4 is 51.4 Å². The number of unbranched alkanes of at least 4 members (excludes halogenated alkanes) is 3. The SMILES string of the molecule is [CH-]=C/C=C\[CH-]c1cnc(C(=O)CCCCCCc2ccc(Cl)cc2)o1.[K+]. The molecular formula is C21H22ClKNO2-. The van der Waals surface area contributed by atoms with Gasteiger partial charge in [0.05, 0.1) is 0 Å². The van der Waals surface area contributed by atoms with E-state index in [2.05, 4.69) is 17.1 Å². The second kappa shape index (κ2) is 13.5. The Kier molecular flexibility index (Phi) is 12.2. The van der Waals surface area contributed by atoms with Crippen molar-refractivity contribution in [3.63, 3.8) is 0 Å². The van der Waals surface area contributed by atoms with Crippen molar-refractivity contribution in [1.29, 1.82) is 0 Å². The standard InChI is InChI=1S/C21H22ClNO2.K/c1-2-3-6-10-19-16-23-21(25-19)20(24)11-8-5-4-7-9-17-12-14-18(22)15-13-17;/h1-3,6,10,12-16H,4-5,7-9,11H2;/q-2;+1/b6-3-;. The Hall–Kier alpha value is -0.624. The third-order valence-electron chi connectivity index (χ3n) is 3.78. The van der Waals surface area contributed by atoms with Gasteiger partial charge in [-0.3, -0.25) is 16.4 Å². The van der Waals surface area contributed by atoms with E-state index in [1.807, 2.05) is 12.1 Å². The Balaban J connectivity index is 0.00000338. The molecule has 0 atom stereocenters. The molecule has 132 valence electrons. The van der Waals surface area contributed by atoms with E-state index < -0.39 is 0 Å². The Morgan fingerprint density at radius 2 is 1.92 bits per heavy atom. The number of hydrogen-bond donors (Lipinski definition) is 0. The number of carbonyl (C=O) groups excluding carboxylic acids is 1. The van der Waals surface area contributed by atoms with Gasteiger partial charge in [0.15, 0.2) is 0 Å². The van der Waals surface area contributed by atoms with Crippen LogP contribution in [0.2, 0.25) is 5.02 Å². The van der Waals surface area contributed by atoms with Crippen molar-refractivity contribution in [2.75, 3.05) is 0 Å². The fraction of sp³-hybridized carbons (Fsp3) is 0.286. The van der Waals surface area contributed by atoms with Crippen LogP contribution in [0, 0.1) is 13.0 Å². The summed E-state index contributed by atoms with van der Waals surface area (Å²) in [7, 11) is 0. The molecule has 1 heterocycles. The number of ketones is 1. The molecule has 0 bridgehead atoms. The maximum absolute atomic E-state index is 12.0. The second-order valence-electron chi connectivity index (χ2n) is 5.78. The zero-order chi connectivity index (χ0) is 17.9. The number of hydrogen-bond acceptors (Lipinski definition) is 3. The van der Waals surface area contributed by atoms with Crippen LogP contribution in [-0.4, -0.2) is 10.8 Å². The largest absolute Gasteiger partial charge is 1.00 e. The molecular weight excluding hydrogens is 373 g/mol. The van der Waals surface area contributed by atoms with Crippen molar-refractivity contribution in [2.45, 2.75) is 38.5 Å². The summed E-state index contributed by atoms with van der Waals surface area (Å²) in [4.78, 5) is 16.1. The van der Waals surface area contributed by atoms with Gasteiger partial charge in [0.25, 0.3) is 0 Å². The summed E-state index contributed by atoms with van der Waals surface area (Å²) in [5, 5.41) is 0.767. The number of rotatable bonds is 11. The Bertz CT molecular complexity index is 707. The predicted octanol–water partition coefficient (Wildman–Crippen LogP) is 2.81. The number of aryl methyl sites for hydroxylation is 1. The molecule has 2 rings (SSSR count). The molecule has 0 N–H and O–H groups in total. The Morgan fingerprint density at radius 3 is 2.65 bits per heavy atom. The third kappa shape index (κ3) is 8.85. The van der Waals surface area contributed by atoms with E-state index in [0.717, 1.165) is 37.1 Å². The summed E-state index contributed by atoms with van der Waals surface area (Å²) < 4.78 is 5.40.